The summed E-state index contributed by atoms with van der Waals surface area (Å²) in [4.78, 5) is 35.9. The molecule has 2 aromatic rings. The predicted molar refractivity (Wildman–Crippen MR) is 116 cm³/mol. The summed E-state index contributed by atoms with van der Waals surface area (Å²) >= 11 is 0. The van der Waals surface area contributed by atoms with Crippen molar-refractivity contribution < 1.29 is 32.3 Å². The van der Waals surface area contributed by atoms with Crippen LogP contribution in [0.1, 0.15) is 40.0 Å². The van der Waals surface area contributed by atoms with E-state index in [2.05, 4.69) is 10.1 Å². The number of carbonyl (C=O) groups is 3. The minimum absolute atomic E-state index is 0.0176. The molecule has 1 saturated heterocycles. The van der Waals surface area contributed by atoms with E-state index in [9.17, 15) is 22.8 Å². The van der Waals surface area contributed by atoms with Gasteiger partial charge in [-0.3, -0.25) is 4.79 Å². The molecule has 9 nitrogen and oxygen atoms in total. The molecule has 32 heavy (non-hydrogen) atoms. The Labute approximate surface area is 186 Å². The number of methoxy groups -OCH3 is 1. The second kappa shape index (κ2) is 10.4. The van der Waals surface area contributed by atoms with E-state index in [4.69, 9.17) is 4.74 Å². The van der Waals surface area contributed by atoms with Crippen molar-refractivity contribution in [3.63, 3.8) is 0 Å². The van der Waals surface area contributed by atoms with E-state index >= 15 is 0 Å². The number of amides is 1. The molecule has 0 atom stereocenters. The first kappa shape index (κ1) is 23.4. The number of piperidine rings is 1. The molecule has 1 fully saturated rings. The van der Waals surface area contributed by atoms with Crippen molar-refractivity contribution in [2.75, 3.05) is 32.1 Å². The van der Waals surface area contributed by atoms with Gasteiger partial charge in [0, 0.05) is 18.8 Å². The van der Waals surface area contributed by atoms with E-state index in [0.29, 0.717) is 24.3 Å². The molecule has 0 unspecified atom stereocenters. The molecule has 1 N–H and O–H groups in total. The van der Waals surface area contributed by atoms with Gasteiger partial charge in [-0.2, -0.15) is 4.31 Å². The maximum absolute atomic E-state index is 12.8. The highest BCUT2D eigenvalue weighted by atomic mass is 32.2. The predicted octanol–water partition coefficient (Wildman–Crippen LogP) is 2.44. The summed E-state index contributed by atoms with van der Waals surface area (Å²) in [5.41, 5.74) is 0.781. The smallest absolute Gasteiger partial charge is 0.338 e. The minimum atomic E-state index is -3.69. The Bertz CT molecular complexity index is 1090. The topological polar surface area (TPSA) is 119 Å². The van der Waals surface area contributed by atoms with Crippen LogP contribution in [-0.2, 0) is 24.3 Å². The van der Waals surface area contributed by atoms with Crippen molar-refractivity contribution in [2.24, 2.45) is 0 Å². The third kappa shape index (κ3) is 5.71. The molecule has 1 aliphatic heterocycles. The van der Waals surface area contributed by atoms with Crippen molar-refractivity contribution in [1.29, 1.82) is 0 Å². The summed E-state index contributed by atoms with van der Waals surface area (Å²) in [6, 6.07) is 11.6. The van der Waals surface area contributed by atoms with Crippen LogP contribution in [0.15, 0.2) is 53.4 Å². The highest BCUT2D eigenvalue weighted by molar-refractivity contribution is 7.89. The first-order valence-corrected chi connectivity index (χ1v) is 11.5. The lowest BCUT2D eigenvalue weighted by molar-refractivity contribution is -0.119. The summed E-state index contributed by atoms with van der Waals surface area (Å²) in [6.07, 6.45) is 2.61. The van der Waals surface area contributed by atoms with E-state index in [0.717, 1.165) is 19.3 Å². The fourth-order valence-corrected chi connectivity index (χ4v) is 4.82. The number of carbonyl (C=O) groups excluding carboxylic acids is 3. The van der Waals surface area contributed by atoms with E-state index in [-0.39, 0.29) is 10.5 Å². The number of nitrogens with zero attached hydrogens (tertiary/aromatic N) is 1. The zero-order valence-electron chi connectivity index (χ0n) is 17.6. The Morgan fingerprint density at radius 2 is 1.62 bits per heavy atom. The van der Waals surface area contributed by atoms with Crippen molar-refractivity contribution in [1.82, 2.24) is 4.31 Å². The summed E-state index contributed by atoms with van der Waals surface area (Å²) in [6.45, 7) is 0.357. The van der Waals surface area contributed by atoms with Gasteiger partial charge in [0.1, 0.15) is 0 Å². The lowest BCUT2D eigenvalue weighted by Gasteiger charge is -2.25. The van der Waals surface area contributed by atoms with Crippen LogP contribution in [0.3, 0.4) is 0 Å². The Morgan fingerprint density at radius 3 is 2.28 bits per heavy atom. The molecule has 1 heterocycles. The first-order chi connectivity index (χ1) is 15.3. The van der Waals surface area contributed by atoms with Crippen LogP contribution >= 0.6 is 0 Å². The van der Waals surface area contributed by atoms with Crippen LogP contribution in [0.4, 0.5) is 5.69 Å². The highest BCUT2D eigenvalue weighted by Crippen LogP contribution is 2.21. The van der Waals surface area contributed by atoms with E-state index in [1.54, 1.807) is 0 Å². The Balaban J connectivity index is 1.58. The average molecular weight is 461 g/mol. The van der Waals surface area contributed by atoms with Crippen LogP contribution < -0.4 is 5.32 Å². The monoisotopic (exact) mass is 460 g/mol. The maximum atomic E-state index is 12.8. The molecule has 170 valence electrons. The molecule has 3 rings (SSSR count). The number of hydrogen-bond donors (Lipinski definition) is 1. The number of esters is 2. The Hall–Kier alpha value is -3.24. The lowest BCUT2D eigenvalue weighted by Crippen LogP contribution is -2.35. The van der Waals surface area contributed by atoms with Gasteiger partial charge < -0.3 is 14.8 Å². The molecular weight excluding hydrogens is 436 g/mol. The van der Waals surface area contributed by atoms with E-state index in [1.165, 1.54) is 59.9 Å². The van der Waals surface area contributed by atoms with Gasteiger partial charge in [0.2, 0.25) is 10.0 Å². The Morgan fingerprint density at radius 1 is 0.938 bits per heavy atom. The number of benzene rings is 2. The molecule has 10 heteroatoms. The quantitative estimate of drug-likeness (QED) is 0.630. The number of ether oxygens (including phenoxy) is 2. The zero-order chi connectivity index (χ0) is 23.1. The molecular formula is C22H24N2O7S. The molecule has 1 aliphatic rings. The van der Waals surface area contributed by atoms with E-state index < -0.39 is 34.5 Å². The average Bonchev–Trinajstić information content (AvgIpc) is 2.83. The second-order valence-electron chi connectivity index (χ2n) is 7.19. The summed E-state index contributed by atoms with van der Waals surface area (Å²) < 4.78 is 36.6. The van der Waals surface area contributed by atoms with Gasteiger partial charge in [0.25, 0.3) is 5.91 Å². The fraction of sp³-hybridized carbons (Fsp3) is 0.318. The SMILES string of the molecule is COC(=O)c1ccc(NC(=O)COC(=O)c2cccc(S(=O)(=O)N3CCCCC3)c2)cc1. The standard InChI is InChI=1S/C22H24N2O7S/c1-30-21(26)16-8-10-18(11-9-16)23-20(25)15-31-22(27)17-6-5-7-19(14-17)32(28,29)24-12-3-2-4-13-24/h5-11,14H,2-4,12-13,15H2,1H3,(H,23,25). The highest BCUT2D eigenvalue weighted by Gasteiger charge is 2.26. The molecule has 0 spiro atoms. The molecule has 0 bridgehead atoms. The second-order valence-corrected chi connectivity index (χ2v) is 9.12. The molecule has 2 aromatic carbocycles. The van der Waals surface area contributed by atoms with Gasteiger partial charge in [-0.1, -0.05) is 12.5 Å². The normalized spacial score (nSPS) is 14.4. The van der Waals surface area contributed by atoms with Gasteiger partial charge >= 0.3 is 11.9 Å². The van der Waals surface area contributed by atoms with Gasteiger partial charge in [-0.05, 0) is 55.3 Å². The summed E-state index contributed by atoms with van der Waals surface area (Å²) in [7, 11) is -2.42. The van der Waals surface area contributed by atoms with Crippen LogP contribution in [-0.4, -0.2) is 57.4 Å². The van der Waals surface area contributed by atoms with E-state index in [1.807, 2.05) is 0 Å². The minimum Gasteiger partial charge on any atom is -0.465 e. The van der Waals surface area contributed by atoms with Gasteiger partial charge in [-0.15, -0.1) is 0 Å². The number of anilines is 1. The van der Waals surface area contributed by atoms with Crippen LogP contribution in [0.2, 0.25) is 0 Å². The van der Waals surface area contributed by atoms with Crippen molar-refractivity contribution in [3.8, 4) is 0 Å². The third-order valence-electron chi connectivity index (χ3n) is 4.95. The number of rotatable bonds is 7. The largest absolute Gasteiger partial charge is 0.465 e. The van der Waals surface area contributed by atoms with Gasteiger partial charge in [0.05, 0.1) is 23.1 Å². The zero-order valence-corrected chi connectivity index (χ0v) is 18.4. The third-order valence-corrected chi connectivity index (χ3v) is 6.84. The number of nitrogens with one attached hydrogen (secondary N) is 1. The van der Waals surface area contributed by atoms with Crippen molar-refractivity contribution >= 4 is 33.6 Å². The fourth-order valence-electron chi connectivity index (χ4n) is 3.26. The van der Waals surface area contributed by atoms with Gasteiger partial charge in [0.15, 0.2) is 6.61 Å². The maximum Gasteiger partial charge on any atom is 0.338 e. The van der Waals surface area contributed by atoms with Crippen LogP contribution in [0, 0.1) is 0 Å². The summed E-state index contributed by atoms with van der Waals surface area (Å²) in [5.74, 6) is -1.89. The van der Waals surface area contributed by atoms with Crippen LogP contribution in [0.25, 0.3) is 0 Å². The molecule has 0 radical (unpaired) electrons. The molecule has 0 saturated carbocycles. The molecule has 0 aliphatic carbocycles. The number of sulfonamides is 1. The molecule has 0 aromatic heterocycles. The first-order valence-electron chi connectivity index (χ1n) is 10.1. The van der Waals surface area contributed by atoms with Crippen molar-refractivity contribution in [3.05, 3.63) is 59.7 Å². The summed E-state index contributed by atoms with van der Waals surface area (Å²) in [5, 5.41) is 2.54. The number of hydrogen-bond acceptors (Lipinski definition) is 7. The van der Waals surface area contributed by atoms with Gasteiger partial charge in [-0.25, -0.2) is 18.0 Å². The van der Waals surface area contributed by atoms with Crippen molar-refractivity contribution in [2.45, 2.75) is 24.2 Å². The van der Waals surface area contributed by atoms with Crippen LogP contribution in [0.5, 0.6) is 0 Å². The lowest BCUT2D eigenvalue weighted by atomic mass is 10.2. The Kier molecular flexibility index (Phi) is 7.60. The molecule has 1 amide bonds.